The first-order chi connectivity index (χ1) is 13.0. The number of nitrogens with zero attached hydrogens (tertiary/aromatic N) is 3. The van der Waals surface area contributed by atoms with Gasteiger partial charge in [0.1, 0.15) is 5.82 Å². The highest BCUT2D eigenvalue weighted by molar-refractivity contribution is 5.76. The molecule has 1 saturated heterocycles. The minimum absolute atomic E-state index is 0.101. The maximum atomic E-state index is 12.0. The van der Waals surface area contributed by atoms with Crippen LogP contribution < -0.4 is 15.1 Å². The van der Waals surface area contributed by atoms with Crippen molar-refractivity contribution in [1.82, 2.24) is 10.3 Å². The van der Waals surface area contributed by atoms with Gasteiger partial charge >= 0.3 is 0 Å². The number of nitrogens with one attached hydrogen (secondary N) is 1. The van der Waals surface area contributed by atoms with E-state index < -0.39 is 0 Å². The number of carbonyl (C=O) groups excluding carboxylic acids is 1. The fourth-order valence-electron chi connectivity index (χ4n) is 3.57. The van der Waals surface area contributed by atoms with Crippen LogP contribution in [-0.4, -0.2) is 37.1 Å². The molecule has 1 aliphatic rings. The lowest BCUT2D eigenvalue weighted by Gasteiger charge is -2.38. The van der Waals surface area contributed by atoms with E-state index in [1.54, 1.807) is 0 Å². The number of piperazine rings is 1. The first kappa shape index (κ1) is 19.2. The molecule has 1 aliphatic heterocycles. The van der Waals surface area contributed by atoms with E-state index in [9.17, 15) is 4.79 Å². The molecule has 2 heterocycles. The van der Waals surface area contributed by atoms with Crippen LogP contribution in [0.5, 0.6) is 0 Å². The fraction of sp³-hybridized carbons (Fsp3) is 0.455. The average Bonchev–Trinajstić information content (AvgIpc) is 2.67. The van der Waals surface area contributed by atoms with E-state index in [4.69, 9.17) is 0 Å². The smallest absolute Gasteiger partial charge is 0.220 e. The Morgan fingerprint density at radius 3 is 2.48 bits per heavy atom. The molecule has 1 aromatic heterocycles. The number of aromatic nitrogens is 1. The molecule has 0 bridgehead atoms. The summed E-state index contributed by atoms with van der Waals surface area (Å²) >= 11 is 0. The molecule has 1 amide bonds. The van der Waals surface area contributed by atoms with Crippen LogP contribution in [0.4, 0.5) is 11.5 Å². The van der Waals surface area contributed by atoms with Crippen LogP contribution in [0.2, 0.25) is 0 Å². The van der Waals surface area contributed by atoms with Gasteiger partial charge in [-0.2, -0.15) is 0 Å². The average molecular weight is 367 g/mol. The molecule has 1 aromatic carbocycles. The van der Waals surface area contributed by atoms with E-state index in [0.717, 1.165) is 37.6 Å². The molecule has 1 fully saturated rings. The Hall–Kier alpha value is -2.56. The van der Waals surface area contributed by atoms with E-state index in [1.165, 1.54) is 11.3 Å². The number of benzene rings is 1. The zero-order valence-electron chi connectivity index (χ0n) is 16.6. The Morgan fingerprint density at radius 1 is 1.07 bits per heavy atom. The molecule has 1 N–H and O–H groups in total. The maximum Gasteiger partial charge on any atom is 0.220 e. The number of hydrogen-bond donors (Lipinski definition) is 1. The van der Waals surface area contributed by atoms with Crippen molar-refractivity contribution in [2.24, 2.45) is 5.92 Å². The summed E-state index contributed by atoms with van der Waals surface area (Å²) in [7, 11) is 0. The molecule has 3 rings (SSSR count). The van der Waals surface area contributed by atoms with Crippen LogP contribution in [0.15, 0.2) is 42.6 Å². The Labute approximate surface area is 162 Å². The molecule has 27 heavy (non-hydrogen) atoms. The van der Waals surface area contributed by atoms with Crippen LogP contribution in [0.25, 0.3) is 0 Å². The summed E-state index contributed by atoms with van der Waals surface area (Å²) in [5, 5.41) is 3.04. The van der Waals surface area contributed by atoms with Gasteiger partial charge in [-0.25, -0.2) is 4.98 Å². The fourth-order valence-corrected chi connectivity index (χ4v) is 3.57. The molecule has 144 valence electrons. The number of amides is 1. The summed E-state index contributed by atoms with van der Waals surface area (Å²) in [6.45, 7) is 10.6. The molecular formula is C22H30N4O. The van der Waals surface area contributed by atoms with Crippen LogP contribution in [0.1, 0.15) is 31.4 Å². The van der Waals surface area contributed by atoms with Crippen molar-refractivity contribution >= 4 is 17.4 Å². The normalized spacial score (nSPS) is 14.5. The van der Waals surface area contributed by atoms with Crippen LogP contribution in [0, 0.1) is 12.8 Å². The minimum atomic E-state index is 0.101. The zero-order chi connectivity index (χ0) is 19.2. The zero-order valence-corrected chi connectivity index (χ0v) is 16.6. The SMILES string of the molecule is Cc1ccccc1N1CCN(c2ncccc2CNC(=O)CC(C)C)CC1. The van der Waals surface area contributed by atoms with Gasteiger partial charge in [-0.05, 0) is 30.5 Å². The Morgan fingerprint density at radius 2 is 1.78 bits per heavy atom. The summed E-state index contributed by atoms with van der Waals surface area (Å²) in [4.78, 5) is 21.4. The molecule has 0 saturated carbocycles. The van der Waals surface area contributed by atoms with Crippen molar-refractivity contribution < 1.29 is 4.79 Å². The third-order valence-corrected chi connectivity index (χ3v) is 4.97. The molecule has 5 nitrogen and oxygen atoms in total. The van der Waals surface area contributed by atoms with Gasteiger partial charge in [0.2, 0.25) is 5.91 Å². The van der Waals surface area contributed by atoms with Crippen molar-refractivity contribution in [2.75, 3.05) is 36.0 Å². The van der Waals surface area contributed by atoms with Crippen LogP contribution in [0.3, 0.4) is 0 Å². The monoisotopic (exact) mass is 366 g/mol. The Bertz CT molecular complexity index is 766. The van der Waals surface area contributed by atoms with E-state index in [-0.39, 0.29) is 5.91 Å². The summed E-state index contributed by atoms with van der Waals surface area (Å²) in [5.41, 5.74) is 3.72. The summed E-state index contributed by atoms with van der Waals surface area (Å²) in [6.07, 6.45) is 2.40. The van der Waals surface area contributed by atoms with Crippen molar-refractivity contribution in [3.63, 3.8) is 0 Å². The third kappa shape index (κ3) is 5.00. The molecule has 0 aliphatic carbocycles. The van der Waals surface area contributed by atoms with E-state index >= 15 is 0 Å². The highest BCUT2D eigenvalue weighted by Gasteiger charge is 2.21. The molecule has 0 spiro atoms. The van der Waals surface area contributed by atoms with E-state index in [0.29, 0.717) is 18.9 Å². The number of para-hydroxylation sites is 1. The summed E-state index contributed by atoms with van der Waals surface area (Å²) in [6, 6.07) is 12.6. The first-order valence-electron chi connectivity index (χ1n) is 9.80. The number of carbonyl (C=O) groups is 1. The van der Waals surface area contributed by atoms with Gasteiger partial charge in [-0.3, -0.25) is 4.79 Å². The third-order valence-electron chi connectivity index (χ3n) is 4.97. The number of anilines is 2. The number of pyridine rings is 1. The van der Waals surface area contributed by atoms with Gasteiger partial charge in [0.05, 0.1) is 0 Å². The van der Waals surface area contributed by atoms with E-state index in [2.05, 4.69) is 71.2 Å². The second-order valence-corrected chi connectivity index (χ2v) is 7.62. The standard InChI is InChI=1S/C22H30N4O/c1-17(2)15-21(27)24-16-19-8-6-10-23-22(19)26-13-11-25(12-14-26)20-9-5-4-7-18(20)3/h4-10,17H,11-16H2,1-3H3,(H,24,27). The maximum absolute atomic E-state index is 12.0. The number of hydrogen-bond acceptors (Lipinski definition) is 4. The molecule has 0 radical (unpaired) electrons. The van der Waals surface area contributed by atoms with E-state index in [1.807, 2.05) is 12.3 Å². The van der Waals surface area contributed by atoms with Crippen molar-refractivity contribution in [1.29, 1.82) is 0 Å². The number of rotatable bonds is 6. The van der Waals surface area contributed by atoms with Gasteiger partial charge in [-0.15, -0.1) is 0 Å². The van der Waals surface area contributed by atoms with Crippen molar-refractivity contribution in [3.05, 3.63) is 53.7 Å². The predicted molar refractivity (Wildman–Crippen MR) is 111 cm³/mol. The van der Waals surface area contributed by atoms with Gasteiger partial charge < -0.3 is 15.1 Å². The second-order valence-electron chi connectivity index (χ2n) is 7.62. The lowest BCUT2D eigenvalue weighted by Crippen LogP contribution is -2.47. The summed E-state index contributed by atoms with van der Waals surface area (Å²) < 4.78 is 0. The van der Waals surface area contributed by atoms with Crippen LogP contribution in [-0.2, 0) is 11.3 Å². The number of aryl methyl sites for hydroxylation is 1. The molecule has 2 aromatic rings. The highest BCUT2D eigenvalue weighted by Crippen LogP contribution is 2.24. The largest absolute Gasteiger partial charge is 0.368 e. The predicted octanol–water partition coefficient (Wildman–Crippen LogP) is 3.38. The lowest BCUT2D eigenvalue weighted by atomic mass is 10.1. The Balaban J connectivity index is 1.63. The second kappa shape index (κ2) is 8.89. The molecule has 0 atom stereocenters. The lowest BCUT2D eigenvalue weighted by molar-refractivity contribution is -0.121. The summed E-state index contributed by atoms with van der Waals surface area (Å²) in [5.74, 6) is 1.46. The van der Waals surface area contributed by atoms with Crippen molar-refractivity contribution in [3.8, 4) is 0 Å². The quantitative estimate of drug-likeness (QED) is 0.851. The Kier molecular flexibility index (Phi) is 6.32. The van der Waals surface area contributed by atoms with Gasteiger partial charge in [-0.1, -0.05) is 38.1 Å². The van der Waals surface area contributed by atoms with Gasteiger partial charge in [0.25, 0.3) is 0 Å². The molecule has 0 unspecified atom stereocenters. The first-order valence-corrected chi connectivity index (χ1v) is 9.80. The van der Waals surface area contributed by atoms with Crippen molar-refractivity contribution in [2.45, 2.75) is 33.7 Å². The van der Waals surface area contributed by atoms with Crippen LogP contribution >= 0.6 is 0 Å². The van der Waals surface area contributed by atoms with Gasteiger partial charge in [0.15, 0.2) is 0 Å². The topological polar surface area (TPSA) is 48.5 Å². The van der Waals surface area contributed by atoms with Gasteiger partial charge in [0, 0.05) is 56.6 Å². The molecular weight excluding hydrogens is 336 g/mol. The minimum Gasteiger partial charge on any atom is -0.368 e. The molecule has 5 heteroatoms. The highest BCUT2D eigenvalue weighted by atomic mass is 16.1.